The number of carbonyl (C=O) groups excluding carboxylic acids is 2. The third-order valence-corrected chi connectivity index (χ3v) is 3.70. The number of ether oxygens (including phenoxy) is 1. The van der Waals surface area contributed by atoms with Crippen molar-refractivity contribution in [2.75, 3.05) is 20.1 Å². The van der Waals surface area contributed by atoms with Crippen LogP contribution in [0.15, 0.2) is 17.5 Å². The predicted molar refractivity (Wildman–Crippen MR) is 68.5 cm³/mol. The van der Waals surface area contributed by atoms with Crippen LogP contribution in [-0.2, 0) is 16.0 Å². The first-order chi connectivity index (χ1) is 8.65. The summed E-state index contributed by atoms with van der Waals surface area (Å²) in [6.07, 6.45) is 0.672. The molecule has 1 aromatic rings. The van der Waals surface area contributed by atoms with Crippen LogP contribution in [0.4, 0.5) is 4.79 Å². The number of nitrogens with one attached hydrogen (secondary N) is 1. The second-order valence-corrected chi connectivity index (χ2v) is 5.30. The quantitative estimate of drug-likeness (QED) is 0.874. The second-order valence-electron chi connectivity index (χ2n) is 4.27. The van der Waals surface area contributed by atoms with Gasteiger partial charge in [-0.2, -0.15) is 0 Å². The van der Waals surface area contributed by atoms with Gasteiger partial charge in [0, 0.05) is 18.3 Å². The van der Waals surface area contributed by atoms with E-state index in [4.69, 9.17) is 4.74 Å². The standard InChI is InChI=1S/C12H16N2O3S/c1-14-8-9(17-12(14)16)7-13-11(15)5-4-10-3-2-6-18-10/h2-3,6,9H,4-5,7-8H2,1H3,(H,13,15). The summed E-state index contributed by atoms with van der Waals surface area (Å²) in [5, 5.41) is 4.79. The molecule has 0 bridgehead atoms. The zero-order valence-electron chi connectivity index (χ0n) is 10.2. The molecule has 0 aliphatic carbocycles. The molecule has 2 rings (SSSR count). The summed E-state index contributed by atoms with van der Waals surface area (Å²) >= 11 is 1.65. The van der Waals surface area contributed by atoms with Crippen molar-refractivity contribution in [3.8, 4) is 0 Å². The van der Waals surface area contributed by atoms with Crippen molar-refractivity contribution in [3.05, 3.63) is 22.4 Å². The van der Waals surface area contributed by atoms with Crippen LogP contribution >= 0.6 is 11.3 Å². The van der Waals surface area contributed by atoms with Gasteiger partial charge in [0.2, 0.25) is 5.91 Å². The van der Waals surface area contributed by atoms with Crippen molar-refractivity contribution >= 4 is 23.3 Å². The second kappa shape index (κ2) is 5.86. The summed E-state index contributed by atoms with van der Waals surface area (Å²) in [7, 11) is 1.68. The van der Waals surface area contributed by atoms with Crippen LogP contribution in [-0.4, -0.2) is 43.1 Å². The van der Waals surface area contributed by atoms with Crippen LogP contribution in [0.2, 0.25) is 0 Å². The van der Waals surface area contributed by atoms with E-state index in [1.54, 1.807) is 18.4 Å². The van der Waals surface area contributed by atoms with Gasteiger partial charge in [-0.1, -0.05) is 6.07 Å². The zero-order chi connectivity index (χ0) is 13.0. The average Bonchev–Trinajstić information content (AvgIpc) is 2.95. The third kappa shape index (κ3) is 3.46. The molecule has 6 heteroatoms. The Bertz CT molecular complexity index is 419. The molecule has 98 valence electrons. The molecule has 0 radical (unpaired) electrons. The molecule has 0 saturated carbocycles. The minimum Gasteiger partial charge on any atom is -0.442 e. The minimum atomic E-state index is -0.326. The molecule has 1 fully saturated rings. The van der Waals surface area contributed by atoms with Gasteiger partial charge in [0.1, 0.15) is 6.10 Å². The lowest BCUT2D eigenvalue weighted by molar-refractivity contribution is -0.121. The Kier molecular flexibility index (Phi) is 4.19. The van der Waals surface area contributed by atoms with E-state index in [0.717, 1.165) is 6.42 Å². The molecule has 2 amide bonds. The van der Waals surface area contributed by atoms with Crippen LogP contribution in [0, 0.1) is 0 Å². The normalized spacial score (nSPS) is 18.8. The summed E-state index contributed by atoms with van der Waals surface area (Å²) < 4.78 is 5.05. The molecule has 1 aromatic heterocycles. The van der Waals surface area contributed by atoms with Gasteiger partial charge >= 0.3 is 6.09 Å². The highest BCUT2D eigenvalue weighted by molar-refractivity contribution is 7.09. The number of cyclic esters (lactones) is 1. The maximum Gasteiger partial charge on any atom is 0.410 e. The highest BCUT2D eigenvalue weighted by atomic mass is 32.1. The van der Waals surface area contributed by atoms with Crippen LogP contribution in [0.25, 0.3) is 0 Å². The number of hydrogen-bond acceptors (Lipinski definition) is 4. The number of hydrogen-bond donors (Lipinski definition) is 1. The highest BCUT2D eigenvalue weighted by Crippen LogP contribution is 2.11. The number of thiophene rings is 1. The largest absolute Gasteiger partial charge is 0.442 e. The number of amides is 2. The smallest absolute Gasteiger partial charge is 0.410 e. The Balaban J connectivity index is 1.65. The van der Waals surface area contributed by atoms with Gasteiger partial charge < -0.3 is 15.0 Å². The topological polar surface area (TPSA) is 58.6 Å². The molecule has 2 heterocycles. The van der Waals surface area contributed by atoms with E-state index in [0.29, 0.717) is 19.5 Å². The molecule has 1 aliphatic heterocycles. The number of likely N-dealkylation sites (N-methyl/N-ethyl adjacent to an activating group) is 1. The van der Waals surface area contributed by atoms with Gasteiger partial charge in [-0.15, -0.1) is 11.3 Å². The number of nitrogens with zero attached hydrogens (tertiary/aromatic N) is 1. The fourth-order valence-electron chi connectivity index (χ4n) is 1.76. The molecule has 0 aromatic carbocycles. The molecular formula is C12H16N2O3S. The van der Waals surface area contributed by atoms with E-state index >= 15 is 0 Å². The Morgan fingerprint density at radius 2 is 2.50 bits per heavy atom. The number of aryl methyl sites for hydroxylation is 1. The lowest BCUT2D eigenvalue weighted by atomic mass is 10.2. The van der Waals surface area contributed by atoms with Gasteiger partial charge in [-0.25, -0.2) is 4.79 Å². The first kappa shape index (κ1) is 12.9. The number of rotatable bonds is 5. The average molecular weight is 268 g/mol. The molecule has 1 N–H and O–H groups in total. The molecule has 1 unspecified atom stereocenters. The Hall–Kier alpha value is -1.56. The third-order valence-electron chi connectivity index (χ3n) is 2.76. The van der Waals surface area contributed by atoms with Crippen molar-refractivity contribution in [1.82, 2.24) is 10.2 Å². The Morgan fingerprint density at radius 3 is 3.11 bits per heavy atom. The minimum absolute atomic E-state index is 0.00555. The Labute approximate surface area is 110 Å². The van der Waals surface area contributed by atoms with Crippen LogP contribution in [0.5, 0.6) is 0 Å². The lowest BCUT2D eigenvalue weighted by Gasteiger charge is -2.09. The van der Waals surface area contributed by atoms with Crippen molar-refractivity contribution in [3.63, 3.8) is 0 Å². The van der Waals surface area contributed by atoms with Crippen molar-refractivity contribution in [1.29, 1.82) is 0 Å². The fraction of sp³-hybridized carbons (Fsp3) is 0.500. The maximum atomic E-state index is 11.6. The SMILES string of the molecule is CN1CC(CNC(=O)CCc2cccs2)OC1=O. The van der Waals surface area contributed by atoms with Gasteiger partial charge in [-0.3, -0.25) is 4.79 Å². The number of carbonyl (C=O) groups is 2. The Morgan fingerprint density at radius 1 is 1.67 bits per heavy atom. The van der Waals surface area contributed by atoms with Gasteiger partial charge in [-0.05, 0) is 17.9 Å². The maximum absolute atomic E-state index is 11.6. The highest BCUT2D eigenvalue weighted by Gasteiger charge is 2.28. The van der Waals surface area contributed by atoms with Crippen LogP contribution < -0.4 is 5.32 Å². The van der Waals surface area contributed by atoms with E-state index in [-0.39, 0.29) is 18.1 Å². The summed E-state index contributed by atoms with van der Waals surface area (Å²) in [5.74, 6) is -0.00555. The first-order valence-corrected chi connectivity index (χ1v) is 6.74. The summed E-state index contributed by atoms with van der Waals surface area (Å²) in [5.41, 5.74) is 0. The zero-order valence-corrected chi connectivity index (χ0v) is 11.0. The van der Waals surface area contributed by atoms with Crippen molar-refractivity contribution in [2.24, 2.45) is 0 Å². The van der Waals surface area contributed by atoms with Crippen molar-refractivity contribution in [2.45, 2.75) is 18.9 Å². The van der Waals surface area contributed by atoms with Gasteiger partial charge in [0.15, 0.2) is 0 Å². The lowest BCUT2D eigenvalue weighted by Crippen LogP contribution is -2.34. The van der Waals surface area contributed by atoms with Crippen molar-refractivity contribution < 1.29 is 14.3 Å². The molecule has 1 aliphatic rings. The van der Waals surface area contributed by atoms with E-state index in [2.05, 4.69) is 5.32 Å². The molecule has 1 atom stereocenters. The molecular weight excluding hydrogens is 252 g/mol. The molecule has 0 spiro atoms. The van der Waals surface area contributed by atoms with E-state index < -0.39 is 0 Å². The summed E-state index contributed by atoms with van der Waals surface area (Å²) in [6.45, 7) is 0.920. The van der Waals surface area contributed by atoms with E-state index in [9.17, 15) is 9.59 Å². The van der Waals surface area contributed by atoms with Gasteiger partial charge in [0.25, 0.3) is 0 Å². The van der Waals surface area contributed by atoms with Gasteiger partial charge in [0.05, 0.1) is 13.1 Å². The molecule has 5 nitrogen and oxygen atoms in total. The summed E-state index contributed by atoms with van der Waals surface area (Å²) in [6, 6.07) is 4.00. The fourth-order valence-corrected chi connectivity index (χ4v) is 2.47. The van der Waals surface area contributed by atoms with Crippen LogP contribution in [0.1, 0.15) is 11.3 Å². The van der Waals surface area contributed by atoms with Crippen LogP contribution in [0.3, 0.4) is 0 Å². The first-order valence-electron chi connectivity index (χ1n) is 5.86. The molecule has 18 heavy (non-hydrogen) atoms. The summed E-state index contributed by atoms with van der Waals surface area (Å²) in [4.78, 5) is 25.4. The van der Waals surface area contributed by atoms with E-state index in [1.807, 2.05) is 17.5 Å². The van der Waals surface area contributed by atoms with E-state index in [1.165, 1.54) is 9.78 Å². The predicted octanol–water partition coefficient (Wildman–Crippen LogP) is 1.25. The molecule has 1 saturated heterocycles. The monoisotopic (exact) mass is 268 g/mol.